The van der Waals surface area contributed by atoms with Crippen LogP contribution in [0, 0.1) is 0 Å². The van der Waals surface area contributed by atoms with Crippen molar-refractivity contribution in [2.45, 2.75) is 18.8 Å². The van der Waals surface area contributed by atoms with Crippen molar-refractivity contribution in [3.8, 4) is 0 Å². The van der Waals surface area contributed by atoms with Crippen molar-refractivity contribution < 1.29 is 15.0 Å². The quantitative estimate of drug-likeness (QED) is 0.727. The van der Waals surface area contributed by atoms with Crippen LogP contribution < -0.4 is 5.32 Å². The van der Waals surface area contributed by atoms with E-state index in [2.05, 4.69) is 5.32 Å². The summed E-state index contributed by atoms with van der Waals surface area (Å²) in [6, 6.07) is 7.32. The third-order valence-electron chi connectivity index (χ3n) is 3.14. The van der Waals surface area contributed by atoms with E-state index < -0.39 is 12.2 Å². The van der Waals surface area contributed by atoms with Gasteiger partial charge >= 0.3 is 0 Å². The summed E-state index contributed by atoms with van der Waals surface area (Å²) in [5.74, 6) is -0.152. The first-order valence-electron chi connectivity index (χ1n) is 6.15. The Hall–Kier alpha value is -1.14. The summed E-state index contributed by atoms with van der Waals surface area (Å²) >= 11 is 5.99. The fourth-order valence-corrected chi connectivity index (χ4v) is 2.27. The molecule has 0 bridgehead atoms. The molecule has 3 N–H and O–H groups in total. The Morgan fingerprint density at radius 2 is 1.95 bits per heavy atom. The van der Waals surface area contributed by atoms with E-state index in [-0.39, 0.29) is 12.5 Å². The number of benzene rings is 1. The minimum Gasteiger partial charge on any atom is -0.389 e. The van der Waals surface area contributed by atoms with Gasteiger partial charge in [0.15, 0.2) is 0 Å². The van der Waals surface area contributed by atoms with Crippen LogP contribution >= 0.6 is 11.6 Å². The van der Waals surface area contributed by atoms with E-state index in [1.54, 1.807) is 11.0 Å². The molecular formula is C13H17ClN2O3. The average Bonchev–Trinajstić information content (AvgIpc) is 2.67. The Labute approximate surface area is 116 Å². The molecule has 0 spiro atoms. The lowest BCUT2D eigenvalue weighted by Gasteiger charge is -2.14. The van der Waals surface area contributed by atoms with Gasteiger partial charge in [0.1, 0.15) is 0 Å². The van der Waals surface area contributed by atoms with E-state index >= 15 is 0 Å². The first kappa shape index (κ1) is 14.3. The van der Waals surface area contributed by atoms with Gasteiger partial charge in [-0.2, -0.15) is 0 Å². The third kappa shape index (κ3) is 3.91. The number of likely N-dealkylation sites (tertiary alicyclic amines) is 1. The van der Waals surface area contributed by atoms with Gasteiger partial charge in [-0.05, 0) is 11.6 Å². The number of halogens is 1. The van der Waals surface area contributed by atoms with E-state index in [1.165, 1.54) is 0 Å². The number of β-amino-alcohol motifs (C(OH)–C–C–N with tert-alkyl or cyclic N) is 2. The van der Waals surface area contributed by atoms with Crippen molar-refractivity contribution >= 4 is 17.5 Å². The highest BCUT2D eigenvalue weighted by Gasteiger charge is 2.30. The second-order valence-electron chi connectivity index (χ2n) is 4.70. The van der Waals surface area contributed by atoms with Gasteiger partial charge in [-0.25, -0.2) is 0 Å². The zero-order valence-corrected chi connectivity index (χ0v) is 11.2. The molecule has 1 aliphatic rings. The van der Waals surface area contributed by atoms with Crippen molar-refractivity contribution in [1.29, 1.82) is 0 Å². The number of aliphatic hydroxyl groups is 2. The Bertz CT molecular complexity index is 445. The predicted molar refractivity (Wildman–Crippen MR) is 71.8 cm³/mol. The topological polar surface area (TPSA) is 72.8 Å². The lowest BCUT2D eigenvalue weighted by molar-refractivity contribution is -0.122. The SMILES string of the molecule is O=C(CN1C[C@@H](O)[C@@H](O)C1)NCc1ccccc1Cl. The predicted octanol–water partition coefficient (Wildman–Crippen LogP) is -0.00640. The second-order valence-corrected chi connectivity index (χ2v) is 5.10. The highest BCUT2D eigenvalue weighted by Crippen LogP contribution is 2.14. The summed E-state index contributed by atoms with van der Waals surface area (Å²) in [5, 5.41) is 22.2. The number of nitrogens with one attached hydrogen (secondary N) is 1. The normalized spacial score (nSPS) is 23.5. The molecule has 1 amide bonds. The molecule has 1 aliphatic heterocycles. The molecule has 19 heavy (non-hydrogen) atoms. The standard InChI is InChI=1S/C13H17ClN2O3/c14-10-4-2-1-3-9(10)5-15-13(19)8-16-6-11(17)12(18)7-16/h1-4,11-12,17-18H,5-8H2,(H,15,19)/t11-,12+. The van der Waals surface area contributed by atoms with Crippen LogP contribution in [-0.4, -0.2) is 52.9 Å². The van der Waals surface area contributed by atoms with Gasteiger partial charge in [-0.1, -0.05) is 29.8 Å². The monoisotopic (exact) mass is 284 g/mol. The van der Waals surface area contributed by atoms with Gasteiger partial charge in [0.05, 0.1) is 18.8 Å². The van der Waals surface area contributed by atoms with Gasteiger partial charge in [0.2, 0.25) is 5.91 Å². The maximum Gasteiger partial charge on any atom is 0.234 e. The van der Waals surface area contributed by atoms with Crippen molar-refractivity contribution in [2.24, 2.45) is 0 Å². The van der Waals surface area contributed by atoms with Crippen LogP contribution in [0.15, 0.2) is 24.3 Å². The summed E-state index contributed by atoms with van der Waals surface area (Å²) < 4.78 is 0. The highest BCUT2D eigenvalue weighted by molar-refractivity contribution is 6.31. The number of nitrogens with zero attached hydrogens (tertiary/aromatic N) is 1. The fraction of sp³-hybridized carbons (Fsp3) is 0.462. The Balaban J connectivity index is 1.78. The minimum atomic E-state index is -0.767. The minimum absolute atomic E-state index is 0.152. The zero-order valence-electron chi connectivity index (χ0n) is 10.4. The molecule has 1 saturated heterocycles. The third-order valence-corrected chi connectivity index (χ3v) is 3.50. The van der Waals surface area contributed by atoms with Gasteiger partial charge in [0, 0.05) is 24.7 Å². The number of hydrogen-bond acceptors (Lipinski definition) is 4. The lowest BCUT2D eigenvalue weighted by Crippen LogP contribution is -2.36. The molecule has 6 heteroatoms. The largest absolute Gasteiger partial charge is 0.389 e. The van der Waals surface area contributed by atoms with Gasteiger partial charge < -0.3 is 15.5 Å². The fourth-order valence-electron chi connectivity index (χ4n) is 2.07. The molecule has 0 unspecified atom stereocenters. The van der Waals surface area contributed by atoms with Gasteiger partial charge in [0.25, 0.3) is 0 Å². The highest BCUT2D eigenvalue weighted by atomic mass is 35.5. The summed E-state index contributed by atoms with van der Waals surface area (Å²) in [7, 11) is 0. The van der Waals surface area contributed by atoms with Crippen LogP contribution in [0.25, 0.3) is 0 Å². The van der Waals surface area contributed by atoms with Gasteiger partial charge in [-0.3, -0.25) is 9.69 Å². The molecule has 104 valence electrons. The van der Waals surface area contributed by atoms with Crippen LogP contribution in [0.5, 0.6) is 0 Å². The van der Waals surface area contributed by atoms with Crippen molar-refractivity contribution in [3.63, 3.8) is 0 Å². The molecule has 0 aromatic heterocycles. The summed E-state index contributed by atoms with van der Waals surface area (Å²) in [4.78, 5) is 13.5. The molecule has 1 heterocycles. The number of aliphatic hydroxyl groups excluding tert-OH is 2. The van der Waals surface area contributed by atoms with Crippen LogP contribution in [0.4, 0.5) is 0 Å². The van der Waals surface area contributed by atoms with Crippen molar-refractivity contribution in [3.05, 3.63) is 34.9 Å². The number of hydrogen-bond donors (Lipinski definition) is 3. The number of carbonyl (C=O) groups excluding carboxylic acids is 1. The zero-order chi connectivity index (χ0) is 13.8. The number of rotatable bonds is 4. The molecular weight excluding hydrogens is 268 g/mol. The van der Waals surface area contributed by atoms with E-state index in [0.29, 0.717) is 24.7 Å². The molecule has 1 aromatic rings. The van der Waals surface area contributed by atoms with Crippen LogP contribution in [0.1, 0.15) is 5.56 Å². The first-order chi connectivity index (χ1) is 9.06. The van der Waals surface area contributed by atoms with Crippen LogP contribution in [0.2, 0.25) is 5.02 Å². The van der Waals surface area contributed by atoms with Crippen molar-refractivity contribution in [1.82, 2.24) is 10.2 Å². The molecule has 1 fully saturated rings. The summed E-state index contributed by atoms with van der Waals surface area (Å²) in [6.07, 6.45) is -1.53. The summed E-state index contributed by atoms with van der Waals surface area (Å²) in [6.45, 7) is 1.18. The number of carbonyl (C=O) groups is 1. The molecule has 5 nitrogen and oxygen atoms in total. The van der Waals surface area contributed by atoms with Crippen LogP contribution in [-0.2, 0) is 11.3 Å². The molecule has 0 radical (unpaired) electrons. The van der Waals surface area contributed by atoms with Crippen LogP contribution in [0.3, 0.4) is 0 Å². The maximum atomic E-state index is 11.7. The molecule has 1 aromatic carbocycles. The van der Waals surface area contributed by atoms with Gasteiger partial charge in [-0.15, -0.1) is 0 Å². The molecule has 2 atom stereocenters. The smallest absolute Gasteiger partial charge is 0.234 e. The second kappa shape index (κ2) is 6.34. The Morgan fingerprint density at radius 1 is 1.32 bits per heavy atom. The average molecular weight is 285 g/mol. The molecule has 0 saturated carbocycles. The van der Waals surface area contributed by atoms with E-state index in [9.17, 15) is 15.0 Å². The van der Waals surface area contributed by atoms with E-state index in [0.717, 1.165) is 5.56 Å². The summed E-state index contributed by atoms with van der Waals surface area (Å²) in [5.41, 5.74) is 0.860. The first-order valence-corrected chi connectivity index (χ1v) is 6.52. The van der Waals surface area contributed by atoms with E-state index in [4.69, 9.17) is 11.6 Å². The molecule has 2 rings (SSSR count). The Morgan fingerprint density at radius 3 is 2.58 bits per heavy atom. The van der Waals surface area contributed by atoms with Crippen molar-refractivity contribution in [2.75, 3.05) is 19.6 Å². The molecule has 0 aliphatic carbocycles. The lowest BCUT2D eigenvalue weighted by atomic mass is 10.2. The maximum absolute atomic E-state index is 11.7. The van der Waals surface area contributed by atoms with E-state index in [1.807, 2.05) is 18.2 Å². The number of amides is 1. The Kier molecular flexibility index (Phi) is 4.76.